The number of nitrogens with zero attached hydrogens (tertiary/aromatic N) is 1. The van der Waals surface area contributed by atoms with Crippen LogP contribution in [-0.4, -0.2) is 19.0 Å². The van der Waals surface area contributed by atoms with Crippen LogP contribution in [0, 0.1) is 11.7 Å². The third kappa shape index (κ3) is 3.89. The van der Waals surface area contributed by atoms with Crippen LogP contribution in [0.25, 0.3) is 0 Å². The number of carbonyl (C=O) groups is 1. The molecule has 1 saturated heterocycles. The Morgan fingerprint density at radius 2 is 2.00 bits per heavy atom. The monoisotopic (exact) mass is 312 g/mol. The maximum Gasteiger partial charge on any atom is 0.255 e. The van der Waals surface area contributed by atoms with E-state index in [-0.39, 0.29) is 5.91 Å². The van der Waals surface area contributed by atoms with E-state index in [9.17, 15) is 9.18 Å². The summed E-state index contributed by atoms with van der Waals surface area (Å²) in [6.07, 6.45) is 2.51. The molecule has 120 valence electrons. The van der Waals surface area contributed by atoms with Gasteiger partial charge in [-0.1, -0.05) is 13.0 Å². The Labute approximate surface area is 136 Å². The lowest BCUT2D eigenvalue weighted by molar-refractivity contribution is 0.102. The highest BCUT2D eigenvalue weighted by atomic mass is 19.1. The fraction of sp³-hybridized carbons (Fsp3) is 0.316. The molecule has 1 N–H and O–H groups in total. The van der Waals surface area contributed by atoms with Gasteiger partial charge in [-0.25, -0.2) is 4.39 Å². The molecule has 1 atom stereocenters. The maximum absolute atomic E-state index is 13.2. The minimum Gasteiger partial charge on any atom is -0.371 e. The summed E-state index contributed by atoms with van der Waals surface area (Å²) in [5.41, 5.74) is 2.22. The molecule has 1 amide bonds. The van der Waals surface area contributed by atoms with E-state index in [4.69, 9.17) is 0 Å². The third-order valence-electron chi connectivity index (χ3n) is 4.23. The molecule has 3 nitrogen and oxygen atoms in total. The van der Waals surface area contributed by atoms with Crippen molar-refractivity contribution in [3.8, 4) is 0 Å². The van der Waals surface area contributed by atoms with Crippen molar-refractivity contribution in [2.24, 2.45) is 5.92 Å². The lowest BCUT2D eigenvalue weighted by Gasteiger charge is -2.32. The quantitative estimate of drug-likeness (QED) is 0.915. The minimum atomic E-state index is -0.410. The second-order valence-electron chi connectivity index (χ2n) is 6.20. The highest BCUT2D eigenvalue weighted by molar-refractivity contribution is 6.04. The molecule has 1 fully saturated rings. The fourth-order valence-corrected chi connectivity index (χ4v) is 3.01. The highest BCUT2D eigenvalue weighted by Crippen LogP contribution is 2.24. The van der Waals surface area contributed by atoms with Crippen LogP contribution < -0.4 is 10.2 Å². The van der Waals surface area contributed by atoms with Crippen molar-refractivity contribution in [3.05, 3.63) is 59.9 Å². The first-order valence-electron chi connectivity index (χ1n) is 8.04. The number of hydrogen-bond donors (Lipinski definition) is 1. The fourth-order valence-electron chi connectivity index (χ4n) is 3.01. The number of hydrogen-bond acceptors (Lipinski definition) is 2. The summed E-state index contributed by atoms with van der Waals surface area (Å²) in [5, 5.41) is 2.80. The van der Waals surface area contributed by atoms with Gasteiger partial charge in [-0.2, -0.15) is 0 Å². The number of benzene rings is 2. The number of halogens is 1. The van der Waals surface area contributed by atoms with Crippen molar-refractivity contribution in [2.75, 3.05) is 23.3 Å². The van der Waals surface area contributed by atoms with Gasteiger partial charge >= 0.3 is 0 Å². The molecule has 1 unspecified atom stereocenters. The van der Waals surface area contributed by atoms with Gasteiger partial charge in [0.15, 0.2) is 0 Å². The molecular weight excluding hydrogens is 291 g/mol. The summed E-state index contributed by atoms with van der Waals surface area (Å²) in [7, 11) is 0. The van der Waals surface area contributed by atoms with Gasteiger partial charge in [0, 0.05) is 30.0 Å². The molecule has 2 aromatic rings. The Balaban J connectivity index is 1.66. The van der Waals surface area contributed by atoms with E-state index in [0.717, 1.165) is 19.0 Å². The number of piperidine rings is 1. The van der Waals surface area contributed by atoms with E-state index in [0.29, 0.717) is 11.3 Å². The van der Waals surface area contributed by atoms with E-state index in [2.05, 4.69) is 17.1 Å². The molecule has 0 saturated carbocycles. The van der Waals surface area contributed by atoms with Gasteiger partial charge in [-0.05, 0) is 61.2 Å². The number of rotatable bonds is 3. The van der Waals surface area contributed by atoms with E-state index < -0.39 is 5.82 Å². The molecule has 23 heavy (non-hydrogen) atoms. The molecular formula is C19H21FN2O. The van der Waals surface area contributed by atoms with Crippen molar-refractivity contribution in [3.63, 3.8) is 0 Å². The van der Waals surface area contributed by atoms with Gasteiger partial charge < -0.3 is 10.2 Å². The molecule has 1 heterocycles. The van der Waals surface area contributed by atoms with Gasteiger partial charge in [-0.3, -0.25) is 4.79 Å². The van der Waals surface area contributed by atoms with Gasteiger partial charge in [0.25, 0.3) is 5.91 Å². The average Bonchev–Trinajstić information content (AvgIpc) is 2.55. The summed E-state index contributed by atoms with van der Waals surface area (Å²) >= 11 is 0. The Hall–Kier alpha value is -2.36. The second kappa shape index (κ2) is 6.82. The van der Waals surface area contributed by atoms with Crippen LogP contribution in [0.2, 0.25) is 0 Å². The van der Waals surface area contributed by atoms with E-state index >= 15 is 0 Å². The molecule has 0 radical (unpaired) electrons. The van der Waals surface area contributed by atoms with Crippen LogP contribution in [0.3, 0.4) is 0 Å². The second-order valence-corrected chi connectivity index (χ2v) is 6.20. The lowest BCUT2D eigenvalue weighted by Crippen LogP contribution is -2.34. The molecule has 1 aliphatic heterocycles. The summed E-state index contributed by atoms with van der Waals surface area (Å²) in [6.45, 7) is 4.44. The van der Waals surface area contributed by atoms with Crippen LogP contribution in [-0.2, 0) is 0 Å². The summed E-state index contributed by atoms with van der Waals surface area (Å²) in [5.74, 6) is 0.00664. The van der Waals surface area contributed by atoms with Crippen LogP contribution in [0.5, 0.6) is 0 Å². The van der Waals surface area contributed by atoms with Gasteiger partial charge in [0.1, 0.15) is 5.82 Å². The first-order chi connectivity index (χ1) is 11.1. The zero-order valence-electron chi connectivity index (χ0n) is 13.3. The number of anilines is 2. The lowest BCUT2D eigenvalue weighted by atomic mass is 10.00. The molecule has 0 bridgehead atoms. The molecule has 4 heteroatoms. The Morgan fingerprint density at radius 3 is 2.70 bits per heavy atom. The molecule has 2 aromatic carbocycles. The molecule has 3 rings (SSSR count). The first kappa shape index (κ1) is 15.5. The van der Waals surface area contributed by atoms with Crippen LogP contribution >= 0.6 is 0 Å². The van der Waals surface area contributed by atoms with Gasteiger partial charge in [0.05, 0.1) is 0 Å². The van der Waals surface area contributed by atoms with Crippen LogP contribution in [0.4, 0.5) is 15.8 Å². The zero-order valence-corrected chi connectivity index (χ0v) is 13.3. The Bertz CT molecular complexity index is 684. The Kier molecular flexibility index (Phi) is 4.60. The largest absolute Gasteiger partial charge is 0.371 e. The topological polar surface area (TPSA) is 32.3 Å². The molecule has 0 aromatic heterocycles. The van der Waals surface area contributed by atoms with Crippen molar-refractivity contribution < 1.29 is 9.18 Å². The molecule has 0 spiro atoms. The van der Waals surface area contributed by atoms with Crippen LogP contribution in [0.15, 0.2) is 48.5 Å². The summed E-state index contributed by atoms with van der Waals surface area (Å²) in [4.78, 5) is 14.5. The van der Waals surface area contributed by atoms with Crippen LogP contribution in [0.1, 0.15) is 30.1 Å². The van der Waals surface area contributed by atoms with E-state index in [1.54, 1.807) is 6.07 Å². The Morgan fingerprint density at radius 1 is 1.22 bits per heavy atom. The maximum atomic E-state index is 13.2. The zero-order chi connectivity index (χ0) is 16.2. The number of amides is 1. The minimum absolute atomic E-state index is 0.302. The normalized spacial score (nSPS) is 17.8. The molecule has 1 aliphatic rings. The summed E-state index contributed by atoms with van der Waals surface area (Å²) in [6, 6.07) is 13.5. The smallest absolute Gasteiger partial charge is 0.255 e. The van der Waals surface area contributed by atoms with E-state index in [1.165, 1.54) is 36.7 Å². The van der Waals surface area contributed by atoms with E-state index in [1.807, 2.05) is 24.3 Å². The number of nitrogens with one attached hydrogen (secondary N) is 1. The molecule has 0 aliphatic carbocycles. The third-order valence-corrected chi connectivity index (χ3v) is 4.23. The first-order valence-corrected chi connectivity index (χ1v) is 8.04. The number of carbonyl (C=O) groups excluding carboxylic acids is 1. The van der Waals surface area contributed by atoms with Crippen molar-refractivity contribution in [1.82, 2.24) is 0 Å². The predicted octanol–water partition coefficient (Wildman–Crippen LogP) is 4.31. The van der Waals surface area contributed by atoms with Gasteiger partial charge in [-0.15, -0.1) is 0 Å². The average molecular weight is 312 g/mol. The van der Waals surface area contributed by atoms with Crippen molar-refractivity contribution in [1.29, 1.82) is 0 Å². The van der Waals surface area contributed by atoms with Crippen molar-refractivity contribution >= 4 is 17.3 Å². The summed E-state index contributed by atoms with van der Waals surface area (Å²) < 4.78 is 13.2. The SMILES string of the molecule is CC1CCCN(c2ccc(NC(=O)c3cccc(F)c3)cc2)C1. The predicted molar refractivity (Wildman–Crippen MR) is 91.4 cm³/mol. The van der Waals surface area contributed by atoms with Gasteiger partial charge in [0.2, 0.25) is 0 Å². The van der Waals surface area contributed by atoms with Crippen molar-refractivity contribution in [2.45, 2.75) is 19.8 Å². The highest BCUT2D eigenvalue weighted by Gasteiger charge is 2.16. The standard InChI is InChI=1S/C19H21FN2O/c1-14-4-3-11-22(13-14)18-9-7-17(8-10-18)21-19(23)15-5-2-6-16(20)12-15/h2,5-10,12,14H,3-4,11,13H2,1H3,(H,21,23).